The molecule has 0 unspecified atom stereocenters. The largest absolute Gasteiger partial charge is 0.384 e. The molecular formula is C24H30N4O3. The first-order chi connectivity index (χ1) is 15.0. The summed E-state index contributed by atoms with van der Waals surface area (Å²) >= 11 is 0. The molecule has 2 N–H and O–H groups in total. The lowest BCUT2D eigenvalue weighted by Gasteiger charge is -2.29. The van der Waals surface area contributed by atoms with Crippen LogP contribution >= 0.6 is 0 Å². The number of ether oxygens (including phenoxy) is 2. The van der Waals surface area contributed by atoms with Crippen LogP contribution < -0.4 is 10.2 Å². The third kappa shape index (κ3) is 5.33. The molecule has 1 aromatic carbocycles. The van der Waals surface area contributed by atoms with Gasteiger partial charge in [0, 0.05) is 35.8 Å². The van der Waals surface area contributed by atoms with E-state index in [4.69, 9.17) is 15.0 Å². The van der Waals surface area contributed by atoms with E-state index in [9.17, 15) is 4.79 Å². The van der Waals surface area contributed by atoms with Gasteiger partial charge in [-0.2, -0.15) is 5.11 Å². The molecule has 7 nitrogen and oxygen atoms in total. The lowest BCUT2D eigenvalue weighted by molar-refractivity contribution is -0.203. The number of nitrogens with zero attached hydrogens (tertiary/aromatic N) is 2. The van der Waals surface area contributed by atoms with Crippen LogP contribution in [0.3, 0.4) is 0 Å². The molecule has 164 valence electrons. The van der Waals surface area contributed by atoms with Gasteiger partial charge in [-0.05, 0) is 49.8 Å². The second-order valence-corrected chi connectivity index (χ2v) is 8.71. The zero-order chi connectivity index (χ0) is 21.8. The summed E-state index contributed by atoms with van der Waals surface area (Å²) in [5, 5.41) is 6.47. The number of hydrogen-bond donors (Lipinski definition) is 2. The van der Waals surface area contributed by atoms with Crippen LogP contribution in [0.15, 0.2) is 35.2 Å². The number of aryl methyl sites for hydroxylation is 1. The van der Waals surface area contributed by atoms with Gasteiger partial charge in [0.15, 0.2) is 12.0 Å². The second-order valence-electron chi connectivity index (χ2n) is 8.71. The number of likely N-dealkylation sites (N-methyl/N-ethyl adjacent to an activating group) is 1. The van der Waals surface area contributed by atoms with Crippen LogP contribution in [0.25, 0.3) is 0 Å². The zero-order valence-electron chi connectivity index (χ0n) is 18.2. The number of anilines is 1. The average molecular weight is 423 g/mol. The molecule has 0 aromatic heterocycles. The standard InChI is InChI=1S/C24H30N4O3/c1-3-19-9-8-18(7-6-17-4-5-17)12-21(19)28(2)23(29)20(27-25)13-26-14-22-30-15-24(10-11-24)16-31-22/h8-9,12-13,17,22,25-26H,3-5,10-11,14-16H2,1-2H3/b20-13-,27-25?. The van der Waals surface area contributed by atoms with E-state index < -0.39 is 0 Å². The van der Waals surface area contributed by atoms with E-state index in [0.717, 1.165) is 36.4 Å². The molecule has 7 heteroatoms. The maximum Gasteiger partial charge on any atom is 0.280 e. The number of carbonyl (C=O) groups excluding carboxylic acids is 1. The fourth-order valence-electron chi connectivity index (χ4n) is 3.55. The monoisotopic (exact) mass is 422 g/mol. The molecule has 2 saturated carbocycles. The molecule has 1 aliphatic heterocycles. The Hall–Kier alpha value is -2.69. The van der Waals surface area contributed by atoms with E-state index in [2.05, 4.69) is 29.2 Å². The van der Waals surface area contributed by atoms with Gasteiger partial charge in [0.25, 0.3) is 5.91 Å². The van der Waals surface area contributed by atoms with Gasteiger partial charge in [0.05, 0.1) is 19.8 Å². The van der Waals surface area contributed by atoms with Gasteiger partial charge in [-0.15, -0.1) is 0 Å². The van der Waals surface area contributed by atoms with E-state index in [1.54, 1.807) is 7.05 Å². The zero-order valence-corrected chi connectivity index (χ0v) is 18.2. The molecule has 0 radical (unpaired) electrons. The number of rotatable bonds is 7. The van der Waals surface area contributed by atoms with E-state index in [0.29, 0.717) is 12.5 Å². The third-order valence-electron chi connectivity index (χ3n) is 6.10. The van der Waals surface area contributed by atoms with Crippen LogP contribution in [0, 0.1) is 28.7 Å². The maximum absolute atomic E-state index is 13.0. The smallest absolute Gasteiger partial charge is 0.280 e. The average Bonchev–Trinajstić information content (AvgIpc) is 3.73. The van der Waals surface area contributed by atoms with Crippen molar-refractivity contribution in [1.82, 2.24) is 5.32 Å². The van der Waals surface area contributed by atoms with Crippen LogP contribution in [0.4, 0.5) is 5.69 Å². The quantitative estimate of drug-likeness (QED) is 0.399. The Morgan fingerprint density at radius 1 is 1.35 bits per heavy atom. The van der Waals surface area contributed by atoms with Crippen LogP contribution in [-0.4, -0.2) is 39.0 Å². The van der Waals surface area contributed by atoms with Crippen molar-refractivity contribution in [3.63, 3.8) is 0 Å². The molecule has 2 aliphatic carbocycles. The number of benzene rings is 1. The van der Waals surface area contributed by atoms with Crippen molar-refractivity contribution in [3.8, 4) is 11.8 Å². The Morgan fingerprint density at radius 2 is 2.10 bits per heavy atom. The Labute approximate surface area is 183 Å². The van der Waals surface area contributed by atoms with Crippen molar-refractivity contribution in [2.45, 2.75) is 45.3 Å². The van der Waals surface area contributed by atoms with Crippen LogP contribution in [-0.2, 0) is 20.7 Å². The van der Waals surface area contributed by atoms with Crippen molar-refractivity contribution in [2.75, 3.05) is 31.7 Å². The molecular weight excluding hydrogens is 392 g/mol. The van der Waals surface area contributed by atoms with Crippen molar-refractivity contribution < 1.29 is 14.3 Å². The summed E-state index contributed by atoms with van der Waals surface area (Å²) in [7, 11) is 1.70. The van der Waals surface area contributed by atoms with Crippen LogP contribution in [0.5, 0.6) is 0 Å². The van der Waals surface area contributed by atoms with Gasteiger partial charge in [0.2, 0.25) is 0 Å². The first-order valence-corrected chi connectivity index (χ1v) is 11.0. The van der Waals surface area contributed by atoms with Crippen molar-refractivity contribution in [2.24, 2.45) is 16.4 Å². The van der Waals surface area contributed by atoms with Gasteiger partial charge in [-0.1, -0.05) is 24.8 Å². The predicted molar refractivity (Wildman–Crippen MR) is 117 cm³/mol. The van der Waals surface area contributed by atoms with Gasteiger partial charge >= 0.3 is 0 Å². The molecule has 0 bridgehead atoms. The molecule has 1 spiro atoms. The molecule has 4 rings (SSSR count). The van der Waals surface area contributed by atoms with Gasteiger partial charge < -0.3 is 19.7 Å². The number of carbonyl (C=O) groups is 1. The lowest BCUT2D eigenvalue weighted by atomic mass is 10.1. The lowest BCUT2D eigenvalue weighted by Crippen LogP contribution is -2.38. The normalized spacial score (nSPS) is 20.0. The summed E-state index contributed by atoms with van der Waals surface area (Å²) < 4.78 is 11.5. The molecule has 31 heavy (non-hydrogen) atoms. The molecule has 1 heterocycles. The Balaban J connectivity index is 1.40. The molecule has 1 aromatic rings. The second kappa shape index (κ2) is 9.21. The Morgan fingerprint density at radius 3 is 2.71 bits per heavy atom. The Kier molecular flexibility index (Phi) is 6.40. The number of nitrogens with one attached hydrogen (secondary N) is 2. The SMILES string of the molecule is CCc1ccc(C#CC2CC2)cc1N(C)C(=O)/C(=C/NCC1OCC2(CC2)CO1)N=N. The predicted octanol–water partition coefficient (Wildman–Crippen LogP) is 3.59. The fourth-order valence-corrected chi connectivity index (χ4v) is 3.55. The summed E-state index contributed by atoms with van der Waals surface area (Å²) in [6.45, 7) is 3.90. The highest BCUT2D eigenvalue weighted by Crippen LogP contribution is 2.48. The maximum atomic E-state index is 13.0. The summed E-state index contributed by atoms with van der Waals surface area (Å²) in [5.41, 5.74) is 10.5. The minimum absolute atomic E-state index is 0.0218. The van der Waals surface area contributed by atoms with Crippen LogP contribution in [0.1, 0.15) is 43.7 Å². The van der Waals surface area contributed by atoms with E-state index >= 15 is 0 Å². The Bertz CT molecular complexity index is 928. The van der Waals surface area contributed by atoms with Crippen molar-refractivity contribution >= 4 is 11.6 Å². The first-order valence-electron chi connectivity index (χ1n) is 11.0. The first kappa shape index (κ1) is 21.5. The minimum atomic E-state index is -0.355. The topological polar surface area (TPSA) is 87.0 Å². The highest BCUT2D eigenvalue weighted by Gasteiger charge is 2.46. The summed E-state index contributed by atoms with van der Waals surface area (Å²) in [5.74, 6) is 6.64. The van der Waals surface area contributed by atoms with Gasteiger partial charge in [0.1, 0.15) is 0 Å². The molecule has 3 fully saturated rings. The molecule has 1 saturated heterocycles. The minimum Gasteiger partial charge on any atom is -0.384 e. The van der Waals surface area contributed by atoms with E-state index in [1.807, 2.05) is 18.2 Å². The molecule has 1 amide bonds. The summed E-state index contributed by atoms with van der Waals surface area (Å²) in [6, 6.07) is 5.96. The van der Waals surface area contributed by atoms with Gasteiger partial charge in [-0.25, -0.2) is 5.53 Å². The van der Waals surface area contributed by atoms with Crippen molar-refractivity contribution in [3.05, 3.63) is 41.2 Å². The third-order valence-corrected chi connectivity index (χ3v) is 6.10. The number of hydrogen-bond acceptors (Lipinski definition) is 6. The van der Waals surface area contributed by atoms with Gasteiger partial charge in [-0.3, -0.25) is 4.79 Å². The van der Waals surface area contributed by atoms with E-state index in [-0.39, 0.29) is 23.3 Å². The van der Waals surface area contributed by atoms with Crippen LogP contribution in [0.2, 0.25) is 0 Å². The summed E-state index contributed by atoms with van der Waals surface area (Å²) in [6.07, 6.45) is 6.59. The molecule has 3 aliphatic rings. The number of amides is 1. The fraction of sp³-hybridized carbons (Fsp3) is 0.542. The highest BCUT2D eigenvalue weighted by atomic mass is 16.7. The molecule has 0 atom stereocenters. The van der Waals surface area contributed by atoms with E-state index in [1.165, 1.54) is 36.8 Å². The summed E-state index contributed by atoms with van der Waals surface area (Å²) in [4.78, 5) is 14.6. The highest BCUT2D eigenvalue weighted by molar-refractivity contribution is 6.05. The van der Waals surface area contributed by atoms with Crippen molar-refractivity contribution in [1.29, 1.82) is 5.53 Å².